The minimum absolute atomic E-state index is 0.238. The number of nitrogens with one attached hydrogen (secondary N) is 1. The van der Waals surface area contributed by atoms with E-state index in [2.05, 4.69) is 22.3 Å². The molecule has 62 valence electrons. The maximum atomic E-state index is 8.14. The van der Waals surface area contributed by atoms with Crippen molar-refractivity contribution >= 4 is 5.84 Å². The van der Waals surface area contributed by atoms with Crippen molar-refractivity contribution in [3.05, 3.63) is 0 Å². The molecule has 0 fully saturated rings. The van der Waals surface area contributed by atoms with Crippen LogP contribution >= 0.6 is 0 Å². The molecule has 0 saturated heterocycles. The zero-order valence-electron chi connectivity index (χ0n) is 6.59. The third-order valence-electron chi connectivity index (χ3n) is 1.08. The first-order valence-electron chi connectivity index (χ1n) is 3.38. The third-order valence-corrected chi connectivity index (χ3v) is 1.08. The quantitative estimate of drug-likeness (QED) is 0.131. The Morgan fingerprint density at radius 2 is 2.45 bits per heavy atom. The van der Waals surface area contributed by atoms with Gasteiger partial charge in [-0.3, -0.25) is 0 Å². The van der Waals surface area contributed by atoms with E-state index in [0.717, 1.165) is 0 Å². The van der Waals surface area contributed by atoms with Crippen LogP contribution in [0.4, 0.5) is 0 Å². The largest absolute Gasteiger partial charge is 0.409 e. The minimum atomic E-state index is 0.238. The fourth-order valence-corrected chi connectivity index (χ4v) is 0.506. The lowest BCUT2D eigenvalue weighted by atomic mass is 10.4. The van der Waals surface area contributed by atoms with E-state index in [-0.39, 0.29) is 5.84 Å². The van der Waals surface area contributed by atoms with Gasteiger partial charge in [-0.2, -0.15) is 0 Å². The number of hydrogen-bond acceptors (Lipinski definition) is 3. The fourth-order valence-electron chi connectivity index (χ4n) is 0.506. The van der Waals surface area contributed by atoms with Gasteiger partial charge in [-0.25, -0.2) is 0 Å². The van der Waals surface area contributed by atoms with Crippen molar-refractivity contribution in [2.45, 2.75) is 13.3 Å². The second-order valence-electron chi connectivity index (χ2n) is 1.94. The minimum Gasteiger partial charge on any atom is -0.409 e. The van der Waals surface area contributed by atoms with Crippen LogP contribution in [0.2, 0.25) is 0 Å². The molecule has 4 nitrogen and oxygen atoms in total. The Labute approximate surface area is 66.5 Å². The van der Waals surface area contributed by atoms with E-state index in [9.17, 15) is 0 Å². The molecule has 4 heteroatoms. The van der Waals surface area contributed by atoms with Crippen molar-refractivity contribution in [1.82, 2.24) is 5.32 Å². The molecule has 4 N–H and O–H groups in total. The summed E-state index contributed by atoms with van der Waals surface area (Å²) < 4.78 is 0. The Kier molecular flexibility index (Phi) is 6.14. The molecular formula is C7H13N3O. The molecule has 0 aliphatic rings. The normalized spacial score (nSPS) is 10.5. The van der Waals surface area contributed by atoms with Gasteiger partial charge in [0.15, 0.2) is 0 Å². The number of oxime groups is 1. The Hall–Kier alpha value is -1.21. The fraction of sp³-hybridized carbons (Fsp3) is 0.571. The van der Waals surface area contributed by atoms with E-state index in [1.807, 2.05) is 0 Å². The van der Waals surface area contributed by atoms with Crippen LogP contribution in [-0.4, -0.2) is 24.1 Å². The second kappa shape index (κ2) is 6.90. The summed E-state index contributed by atoms with van der Waals surface area (Å²) in [6, 6.07) is 0. The van der Waals surface area contributed by atoms with Gasteiger partial charge in [-0.05, 0) is 6.92 Å². The summed E-state index contributed by atoms with van der Waals surface area (Å²) in [7, 11) is 0. The molecule has 0 atom stereocenters. The lowest BCUT2D eigenvalue weighted by Crippen LogP contribution is -2.22. The highest BCUT2D eigenvalue weighted by atomic mass is 16.4. The predicted octanol–water partition coefficient (Wildman–Crippen LogP) is -0.264. The topological polar surface area (TPSA) is 70.6 Å². The van der Waals surface area contributed by atoms with E-state index in [4.69, 9.17) is 10.9 Å². The van der Waals surface area contributed by atoms with Gasteiger partial charge < -0.3 is 16.3 Å². The Morgan fingerprint density at radius 3 is 3.00 bits per heavy atom. The maximum absolute atomic E-state index is 8.14. The number of nitrogens with zero attached hydrogens (tertiary/aromatic N) is 1. The molecule has 0 aliphatic carbocycles. The lowest BCUT2D eigenvalue weighted by molar-refractivity contribution is 0.317. The van der Waals surface area contributed by atoms with Gasteiger partial charge in [-0.15, -0.1) is 5.92 Å². The average molecular weight is 155 g/mol. The van der Waals surface area contributed by atoms with Gasteiger partial charge in [0.2, 0.25) is 0 Å². The van der Waals surface area contributed by atoms with Gasteiger partial charge >= 0.3 is 0 Å². The molecule has 11 heavy (non-hydrogen) atoms. The van der Waals surface area contributed by atoms with E-state index in [1.54, 1.807) is 6.92 Å². The highest BCUT2D eigenvalue weighted by Crippen LogP contribution is 1.74. The smallest absolute Gasteiger partial charge is 0.140 e. The van der Waals surface area contributed by atoms with Crippen LogP contribution in [-0.2, 0) is 0 Å². The third kappa shape index (κ3) is 6.68. The molecule has 0 aliphatic heterocycles. The van der Waals surface area contributed by atoms with Crippen LogP contribution in [0.3, 0.4) is 0 Å². The maximum Gasteiger partial charge on any atom is 0.140 e. The van der Waals surface area contributed by atoms with Gasteiger partial charge in [0, 0.05) is 13.0 Å². The Balaban J connectivity index is 3.19. The van der Waals surface area contributed by atoms with E-state index in [0.29, 0.717) is 19.5 Å². The molecule has 0 heterocycles. The summed E-state index contributed by atoms with van der Waals surface area (Å²) in [6.45, 7) is 3.12. The summed E-state index contributed by atoms with van der Waals surface area (Å²) in [5, 5.41) is 14.0. The summed E-state index contributed by atoms with van der Waals surface area (Å²) in [5.41, 5.74) is 5.21. The van der Waals surface area contributed by atoms with Crippen molar-refractivity contribution in [2.75, 3.05) is 13.1 Å². The number of amidine groups is 1. The summed E-state index contributed by atoms with van der Waals surface area (Å²) >= 11 is 0. The molecule has 0 aromatic carbocycles. The van der Waals surface area contributed by atoms with Crippen molar-refractivity contribution in [3.8, 4) is 11.8 Å². The molecule has 0 bridgehead atoms. The van der Waals surface area contributed by atoms with Crippen molar-refractivity contribution in [3.63, 3.8) is 0 Å². The number of nitrogens with two attached hydrogens (primary N) is 1. The van der Waals surface area contributed by atoms with Crippen LogP contribution in [0, 0.1) is 11.8 Å². The highest BCUT2D eigenvalue weighted by Gasteiger charge is 1.89. The molecule has 0 aromatic rings. The van der Waals surface area contributed by atoms with E-state index in [1.165, 1.54) is 0 Å². The van der Waals surface area contributed by atoms with Crippen LogP contribution in [0.5, 0.6) is 0 Å². The highest BCUT2D eigenvalue weighted by molar-refractivity contribution is 5.79. The zero-order chi connectivity index (χ0) is 8.53. The monoisotopic (exact) mass is 155 g/mol. The van der Waals surface area contributed by atoms with Gasteiger partial charge in [0.25, 0.3) is 0 Å². The Morgan fingerprint density at radius 1 is 1.73 bits per heavy atom. The predicted molar refractivity (Wildman–Crippen MR) is 44.3 cm³/mol. The van der Waals surface area contributed by atoms with Crippen LogP contribution in [0.1, 0.15) is 13.3 Å². The molecule has 0 saturated carbocycles. The first kappa shape index (κ1) is 9.79. The number of rotatable bonds is 4. The zero-order valence-corrected chi connectivity index (χ0v) is 6.59. The molecule has 0 radical (unpaired) electrons. The van der Waals surface area contributed by atoms with Crippen molar-refractivity contribution in [2.24, 2.45) is 10.9 Å². The van der Waals surface area contributed by atoms with Crippen LogP contribution < -0.4 is 11.1 Å². The van der Waals surface area contributed by atoms with Crippen LogP contribution in [0.15, 0.2) is 5.16 Å². The van der Waals surface area contributed by atoms with Gasteiger partial charge in [0.05, 0.1) is 6.54 Å². The first-order chi connectivity index (χ1) is 5.31. The SMILES string of the molecule is CC#CCNCC/C(N)=N/O. The van der Waals surface area contributed by atoms with E-state index < -0.39 is 0 Å². The van der Waals surface area contributed by atoms with Gasteiger partial charge in [-0.1, -0.05) is 11.1 Å². The summed E-state index contributed by atoms with van der Waals surface area (Å²) in [6.07, 6.45) is 0.544. The summed E-state index contributed by atoms with van der Waals surface area (Å²) in [4.78, 5) is 0. The molecular weight excluding hydrogens is 142 g/mol. The van der Waals surface area contributed by atoms with Crippen molar-refractivity contribution in [1.29, 1.82) is 0 Å². The second-order valence-corrected chi connectivity index (χ2v) is 1.94. The molecule has 0 aromatic heterocycles. The molecule has 0 rings (SSSR count). The lowest BCUT2D eigenvalue weighted by Gasteiger charge is -1.97. The molecule has 0 unspecified atom stereocenters. The average Bonchev–Trinajstić information content (AvgIpc) is 2.04. The Bertz CT molecular complexity index is 178. The first-order valence-corrected chi connectivity index (χ1v) is 3.38. The van der Waals surface area contributed by atoms with Crippen molar-refractivity contribution < 1.29 is 5.21 Å². The molecule has 0 spiro atoms. The molecule has 0 amide bonds. The summed E-state index contributed by atoms with van der Waals surface area (Å²) in [5.74, 6) is 5.82. The van der Waals surface area contributed by atoms with Gasteiger partial charge in [0.1, 0.15) is 5.84 Å². The number of hydrogen-bond donors (Lipinski definition) is 3. The standard InChI is InChI=1S/C7H13N3O/c1-2-3-5-9-6-4-7(8)10-11/h9,11H,4-6H2,1H3,(H2,8,10). The van der Waals surface area contributed by atoms with Crippen LogP contribution in [0.25, 0.3) is 0 Å². The van der Waals surface area contributed by atoms with E-state index >= 15 is 0 Å².